The number of hydrogen-bond acceptors (Lipinski definition) is 27. The Bertz CT molecular complexity index is 6720. The van der Waals surface area contributed by atoms with Crippen molar-refractivity contribution in [3.8, 4) is 46.0 Å². The highest BCUT2D eigenvalue weighted by atomic mass is 16.5. The molecule has 0 spiro atoms. The molecular weight excluding hydrogens is 1900 g/mol. The fraction of sp³-hybridized carbons (Fsp3) is 0.474. The van der Waals surface area contributed by atoms with Crippen molar-refractivity contribution in [2.75, 3.05) is 19.8 Å². The van der Waals surface area contributed by atoms with Crippen LogP contribution in [0.1, 0.15) is 336 Å². The van der Waals surface area contributed by atoms with E-state index in [9.17, 15) is 53.7 Å². The van der Waals surface area contributed by atoms with Crippen LogP contribution in [-0.2, 0) is 19.2 Å². The van der Waals surface area contributed by atoms with E-state index in [1.165, 1.54) is 4.90 Å². The zero-order valence-electron chi connectivity index (χ0n) is 88.3. The van der Waals surface area contributed by atoms with E-state index >= 15 is 0 Å². The summed E-state index contributed by atoms with van der Waals surface area (Å²) in [4.78, 5) is 131. The normalized spacial score (nSPS) is 26.1. The zero-order valence-corrected chi connectivity index (χ0v) is 88.3. The predicted octanol–water partition coefficient (Wildman–Crippen LogP) is 14.6. The van der Waals surface area contributed by atoms with E-state index in [0.29, 0.717) is 136 Å². The minimum absolute atomic E-state index is 0.0729. The Morgan fingerprint density at radius 3 is 1.08 bits per heavy atom. The summed E-state index contributed by atoms with van der Waals surface area (Å²) in [7, 11) is 0. The second kappa shape index (κ2) is 40.3. The number of aliphatic hydroxyl groups excluding tert-OH is 3. The van der Waals surface area contributed by atoms with Crippen molar-refractivity contribution in [1.29, 1.82) is 0 Å². The molecule has 12 aliphatic rings. The van der Waals surface area contributed by atoms with Crippen LogP contribution in [0.5, 0.6) is 46.0 Å². The standard InChI is InChI=1S/C31H40N4O5.C29H36N4O5.C27H32N4O5.C27H32N4O4/c1-7-31(8-2)16-21(35-24(36)17-29(3,4)34-28(35)32)20-15-18(13-14-23(20)40-31)27(38)33-25-19-11-9-10-12-22(19)39-30(5,6)26(25)37;1-16(2)29(5)15-23(34)33(27(30)32-29)20-12-13-37-21-11-10-17(14-19(20)21)26(36)31-24-18-8-6-7-9-22(18)38-28(3,4)25(24)35;1-26(2)13-22(33)31(25(28)30-26)18-12-27(3,4)36-21-10-9-15(11-17(18)21)24(34)29-23-16-7-5-6-8-20(16)35-14-19(23)32;1-26(2)15-23(32)31(25(28)30-26)20-11-12-34-21-10-9-16(13-18(20)21)24(33)29-19-14-27(3,4)35-22-8-6-5-7-17(19)22/h9-15,21,25-26,37H,7-8,16-17H2,1-6H3,(H2,32,34)(H,33,38);6-11,14,16,20,24-25,35H,12-13,15H2,1-5H3,(H2,30,32)(H,31,36);5-11,18-19,23,32H,12-14H2,1-4H3,(H2,28,30)(H,29,34);5-10,13,19-20H,11-12,14-15H2,1-4H3,(H2,28,30)(H,29,33)/t21-,25-,26+;20-,24?,25?,29+;18-,19-,23-;19-,20+/m1110/s1. The van der Waals surface area contributed by atoms with Crippen molar-refractivity contribution in [3.05, 3.63) is 237 Å². The molecule has 0 aliphatic carbocycles. The van der Waals surface area contributed by atoms with Gasteiger partial charge in [0.15, 0.2) is 23.8 Å². The van der Waals surface area contributed by atoms with Crippen molar-refractivity contribution in [2.24, 2.45) is 48.8 Å². The summed E-state index contributed by atoms with van der Waals surface area (Å²) in [5.41, 5.74) is 27.5. The van der Waals surface area contributed by atoms with Gasteiger partial charge in [0, 0.05) is 98.9 Å². The summed E-state index contributed by atoms with van der Waals surface area (Å²) in [6.45, 7) is 37.6. The third-order valence-electron chi connectivity index (χ3n) is 30.4. The number of amides is 8. The number of ether oxygens (including phenoxy) is 8. The molecule has 12 atom stereocenters. The fourth-order valence-electron chi connectivity index (χ4n) is 22.1. The number of aliphatic imine (C=N–C) groups is 4. The highest BCUT2D eigenvalue weighted by molar-refractivity contribution is 6.04. The molecule has 8 aromatic rings. The average Bonchev–Trinajstić information content (AvgIpc) is 0.744. The molecule has 0 saturated carbocycles. The Balaban J connectivity index is 0.000000135. The molecule has 0 fully saturated rings. The van der Waals surface area contributed by atoms with Gasteiger partial charge in [0.2, 0.25) is 23.6 Å². The molecule has 8 amide bonds. The van der Waals surface area contributed by atoms with Crippen LogP contribution in [0.15, 0.2) is 190 Å². The summed E-state index contributed by atoms with van der Waals surface area (Å²) >= 11 is 0. The van der Waals surface area contributed by atoms with Gasteiger partial charge in [-0.05, 0) is 220 Å². The number of aliphatic hydroxyl groups is 3. The van der Waals surface area contributed by atoms with Crippen LogP contribution in [0.25, 0.3) is 0 Å². The van der Waals surface area contributed by atoms with Crippen LogP contribution >= 0.6 is 0 Å². The molecule has 0 aromatic heterocycles. The Labute approximate surface area is 869 Å². The smallest absolute Gasteiger partial charge is 0.251 e. The molecule has 0 bridgehead atoms. The van der Waals surface area contributed by atoms with Crippen LogP contribution in [0.3, 0.4) is 0 Å². The lowest BCUT2D eigenvalue weighted by Gasteiger charge is -2.46. The molecule has 8 aromatic carbocycles. The average molecular weight is 2040 g/mol. The van der Waals surface area contributed by atoms with Crippen LogP contribution in [0, 0.1) is 5.92 Å². The van der Waals surface area contributed by atoms with Gasteiger partial charge >= 0.3 is 0 Å². The van der Waals surface area contributed by atoms with Gasteiger partial charge in [-0.1, -0.05) is 100 Å². The van der Waals surface area contributed by atoms with E-state index in [1.54, 1.807) is 109 Å². The number of fused-ring (bicyclic) bond motifs is 8. The highest BCUT2D eigenvalue weighted by Crippen LogP contribution is 2.52. The Morgan fingerprint density at radius 2 is 0.678 bits per heavy atom. The Kier molecular flexibility index (Phi) is 28.7. The van der Waals surface area contributed by atoms with Crippen molar-refractivity contribution in [3.63, 3.8) is 0 Å². The molecule has 20 rings (SSSR count). The number of hydrogen-bond donors (Lipinski definition) is 11. The zero-order chi connectivity index (χ0) is 107. The van der Waals surface area contributed by atoms with Crippen molar-refractivity contribution in [2.45, 2.75) is 319 Å². The van der Waals surface area contributed by atoms with Crippen molar-refractivity contribution in [1.82, 2.24) is 40.9 Å². The van der Waals surface area contributed by atoms with Gasteiger partial charge in [0.1, 0.15) is 98.9 Å². The van der Waals surface area contributed by atoms with Gasteiger partial charge in [-0.15, -0.1) is 0 Å². The monoisotopic (exact) mass is 2040 g/mol. The molecule has 12 aliphatic heterocycles. The lowest BCUT2D eigenvalue weighted by Crippen LogP contribution is -2.54. The number of guanidine groups is 4. The van der Waals surface area contributed by atoms with Crippen molar-refractivity contribution >= 4 is 71.1 Å². The number of rotatable bonds is 15. The first-order chi connectivity index (χ1) is 70.2. The first-order valence-electron chi connectivity index (χ1n) is 51.4. The third kappa shape index (κ3) is 21.7. The minimum Gasteiger partial charge on any atom is -0.493 e. The van der Waals surface area contributed by atoms with Gasteiger partial charge < -0.3 is 97.4 Å². The van der Waals surface area contributed by atoms with Crippen LogP contribution in [-0.4, -0.2) is 194 Å². The second-order valence-corrected chi connectivity index (χ2v) is 45.5. The first kappa shape index (κ1) is 106. The molecule has 149 heavy (non-hydrogen) atoms. The van der Waals surface area contributed by atoms with Crippen LogP contribution < -0.4 is 82.1 Å². The molecule has 0 saturated heterocycles. The minimum atomic E-state index is -0.972. The SMILES string of the molecule is CC(C)[C@]1(C)CC(=O)N([C@@H]2CCOc3ccc(C(=O)NC4c5ccccc5OC(C)(C)C4O)cc32)C(N)=N1.CC1(C)CC(=O)N([C@@H]2CC(C)(C)Oc3ccc(C(=O)N[C@@H]4c5ccccc5OC[C@H]4O)cc32)C(N)=N1.CC1(C)CC(=O)N([C@@H]2CCOc3ccc(C(=O)N[C@H]4CC(C)(C)Oc5ccccc54)cc32)C(N)=N1.CCC1(CC)C[C@@H](N2C(=O)CC(C)(C)N=C2N)c2cc(C(=O)N[C@@H]3c4ccccc4OC(C)(C)[C@H]3O)ccc2O1. The summed E-state index contributed by atoms with van der Waals surface area (Å²) in [6, 6.07) is 47.1. The lowest BCUT2D eigenvalue weighted by molar-refractivity contribution is -0.133. The number of para-hydroxylation sites is 4. The second-order valence-electron chi connectivity index (χ2n) is 45.5. The number of nitrogens with zero attached hydrogens (tertiary/aromatic N) is 8. The first-order valence-corrected chi connectivity index (χ1v) is 51.4. The molecule has 35 nitrogen and oxygen atoms in total. The van der Waals surface area contributed by atoms with Crippen LogP contribution in [0.2, 0.25) is 0 Å². The van der Waals surface area contributed by atoms with E-state index in [1.807, 2.05) is 193 Å². The quantitative estimate of drug-likeness (QED) is 0.0454. The fourth-order valence-corrected chi connectivity index (χ4v) is 22.1. The summed E-state index contributed by atoms with van der Waals surface area (Å²) in [6.07, 6.45) is 2.46. The number of carbonyl (C=O) groups excluding carboxylic acids is 8. The van der Waals surface area contributed by atoms with Gasteiger partial charge in [-0.25, -0.2) is 20.0 Å². The number of nitrogens with two attached hydrogens (primary N) is 4. The molecule has 15 N–H and O–H groups in total. The van der Waals surface area contributed by atoms with Gasteiger partial charge in [0.25, 0.3) is 23.6 Å². The van der Waals surface area contributed by atoms with Crippen molar-refractivity contribution < 1.29 is 91.6 Å². The third-order valence-corrected chi connectivity index (χ3v) is 30.4. The molecule has 2 unspecified atom stereocenters. The van der Waals surface area contributed by atoms with E-state index in [2.05, 4.69) is 50.1 Å². The summed E-state index contributed by atoms with van der Waals surface area (Å²) < 4.78 is 48.1. The number of nitrogens with one attached hydrogen (secondary N) is 4. The highest BCUT2D eigenvalue weighted by Gasteiger charge is 2.53. The largest absolute Gasteiger partial charge is 0.493 e. The maximum absolute atomic E-state index is 13.7. The summed E-state index contributed by atoms with van der Waals surface area (Å²) in [5.74, 6) is 4.41. The van der Waals surface area contributed by atoms with Crippen LogP contribution in [0.4, 0.5) is 0 Å². The molecule has 790 valence electrons. The van der Waals surface area contributed by atoms with E-state index < -0.39 is 105 Å². The number of carbonyl (C=O) groups is 8. The summed E-state index contributed by atoms with van der Waals surface area (Å²) in [5, 5.41) is 44.9. The van der Waals surface area contributed by atoms with Gasteiger partial charge in [-0.3, -0.25) is 58.0 Å². The van der Waals surface area contributed by atoms with E-state index in [-0.39, 0.29) is 121 Å². The molecular formula is C114H140N16O19. The Hall–Kier alpha value is -14.3. The van der Waals surface area contributed by atoms with Gasteiger partial charge in [0.05, 0.1) is 109 Å². The topological polar surface area (TPSA) is 486 Å². The molecule has 35 heteroatoms. The van der Waals surface area contributed by atoms with E-state index in [0.717, 1.165) is 35.3 Å². The number of benzene rings is 8. The molecule has 0 radical (unpaired) electrons. The molecule has 12 heterocycles. The van der Waals surface area contributed by atoms with Gasteiger partial charge in [-0.2, -0.15) is 0 Å². The van der Waals surface area contributed by atoms with E-state index in [4.69, 9.17) is 65.8 Å². The lowest BCUT2D eigenvalue weighted by atomic mass is 9.81. The Morgan fingerprint density at radius 1 is 0.362 bits per heavy atom. The predicted molar refractivity (Wildman–Crippen MR) is 562 cm³/mol. The maximum Gasteiger partial charge on any atom is 0.251 e. The maximum atomic E-state index is 13.7.